The van der Waals surface area contributed by atoms with Crippen molar-refractivity contribution in [3.05, 3.63) is 57.1 Å². The van der Waals surface area contributed by atoms with Crippen LogP contribution in [0.5, 0.6) is 0 Å². The van der Waals surface area contributed by atoms with E-state index >= 15 is 0 Å². The lowest BCUT2D eigenvalue weighted by Crippen LogP contribution is -1.90. The molecule has 5 nitrogen and oxygen atoms in total. The van der Waals surface area contributed by atoms with E-state index in [1.54, 1.807) is 6.07 Å². The van der Waals surface area contributed by atoms with Crippen molar-refractivity contribution in [2.75, 3.05) is 0 Å². The Bertz CT molecular complexity index is 826. The van der Waals surface area contributed by atoms with Crippen LogP contribution in [0.25, 0.3) is 22.4 Å². The molecule has 6 heteroatoms. The second-order valence-electron chi connectivity index (χ2n) is 4.53. The van der Waals surface area contributed by atoms with Gasteiger partial charge in [-0.1, -0.05) is 17.7 Å². The first-order valence-corrected chi connectivity index (χ1v) is 6.33. The Balaban J connectivity index is 2.15. The number of nitro groups is 1. The maximum atomic E-state index is 10.9. The zero-order valence-electron chi connectivity index (χ0n) is 10.6. The lowest BCUT2D eigenvalue weighted by atomic mass is 10.2. The number of aromatic amines is 1. The van der Waals surface area contributed by atoms with Crippen molar-refractivity contribution in [3.63, 3.8) is 0 Å². The standard InChI is InChI=1S/C14H10ClN3O2/c1-8-2-5-11-12(6-8)17-14(16-11)9-3-4-10(15)13(7-9)18(19)20/h2-7H,1H3,(H,16,17). The molecular formula is C14H10ClN3O2. The molecule has 0 unspecified atom stereocenters. The molecule has 3 aromatic rings. The molecule has 1 aromatic heterocycles. The van der Waals surface area contributed by atoms with Gasteiger partial charge in [0.1, 0.15) is 10.8 Å². The van der Waals surface area contributed by atoms with Gasteiger partial charge < -0.3 is 4.98 Å². The normalized spacial score (nSPS) is 10.9. The molecule has 0 saturated carbocycles. The molecule has 0 aliphatic heterocycles. The minimum Gasteiger partial charge on any atom is -0.338 e. The molecule has 2 aromatic carbocycles. The van der Waals surface area contributed by atoms with Crippen LogP contribution in [0, 0.1) is 17.0 Å². The minimum atomic E-state index is -0.501. The Morgan fingerprint density at radius 2 is 2.05 bits per heavy atom. The van der Waals surface area contributed by atoms with Crippen LogP contribution in [0.3, 0.4) is 0 Å². The summed E-state index contributed by atoms with van der Waals surface area (Å²) < 4.78 is 0. The lowest BCUT2D eigenvalue weighted by Gasteiger charge is -1.98. The van der Waals surface area contributed by atoms with Crippen LogP contribution in [0.2, 0.25) is 5.02 Å². The van der Waals surface area contributed by atoms with Gasteiger partial charge in [-0.15, -0.1) is 0 Å². The highest BCUT2D eigenvalue weighted by Gasteiger charge is 2.15. The van der Waals surface area contributed by atoms with Gasteiger partial charge in [-0.05, 0) is 36.8 Å². The molecule has 0 amide bonds. The van der Waals surface area contributed by atoms with E-state index in [0.29, 0.717) is 11.4 Å². The van der Waals surface area contributed by atoms with E-state index in [9.17, 15) is 10.1 Å². The number of halogens is 1. The summed E-state index contributed by atoms with van der Waals surface area (Å²) >= 11 is 5.81. The summed E-state index contributed by atoms with van der Waals surface area (Å²) in [5.41, 5.74) is 3.35. The predicted molar refractivity (Wildman–Crippen MR) is 77.9 cm³/mol. The average Bonchev–Trinajstić information content (AvgIpc) is 2.81. The summed E-state index contributed by atoms with van der Waals surface area (Å²) in [5, 5.41) is 11.0. The Morgan fingerprint density at radius 3 is 2.80 bits per heavy atom. The molecule has 0 aliphatic rings. The Labute approximate surface area is 119 Å². The molecule has 0 bridgehead atoms. The zero-order chi connectivity index (χ0) is 14.3. The van der Waals surface area contributed by atoms with Gasteiger partial charge in [-0.2, -0.15) is 0 Å². The Kier molecular flexibility index (Phi) is 2.91. The first kappa shape index (κ1) is 12.6. The van der Waals surface area contributed by atoms with Crippen molar-refractivity contribution >= 4 is 28.3 Å². The Morgan fingerprint density at radius 1 is 1.25 bits per heavy atom. The van der Waals surface area contributed by atoms with Crippen LogP contribution in [0.4, 0.5) is 5.69 Å². The first-order valence-electron chi connectivity index (χ1n) is 5.95. The number of aryl methyl sites for hydroxylation is 1. The van der Waals surface area contributed by atoms with Crippen molar-refractivity contribution in [1.82, 2.24) is 9.97 Å². The maximum absolute atomic E-state index is 10.9. The zero-order valence-corrected chi connectivity index (χ0v) is 11.3. The van der Waals surface area contributed by atoms with Crippen LogP contribution >= 0.6 is 11.6 Å². The third kappa shape index (κ3) is 2.12. The van der Waals surface area contributed by atoms with Crippen molar-refractivity contribution < 1.29 is 4.92 Å². The second kappa shape index (κ2) is 4.61. The summed E-state index contributed by atoms with van der Waals surface area (Å²) in [5.74, 6) is 0.588. The monoisotopic (exact) mass is 287 g/mol. The van der Waals surface area contributed by atoms with E-state index in [4.69, 9.17) is 11.6 Å². The number of H-pyrrole nitrogens is 1. The molecule has 1 N–H and O–H groups in total. The highest BCUT2D eigenvalue weighted by atomic mass is 35.5. The number of hydrogen-bond donors (Lipinski definition) is 1. The van der Waals surface area contributed by atoms with E-state index < -0.39 is 4.92 Å². The fraction of sp³-hybridized carbons (Fsp3) is 0.0714. The predicted octanol–water partition coefficient (Wildman–Crippen LogP) is 4.10. The van der Waals surface area contributed by atoms with Crippen LogP contribution in [-0.4, -0.2) is 14.9 Å². The highest BCUT2D eigenvalue weighted by Crippen LogP contribution is 2.30. The number of aromatic nitrogens is 2. The number of fused-ring (bicyclic) bond motifs is 1. The van der Waals surface area contributed by atoms with E-state index in [1.807, 2.05) is 25.1 Å². The molecular weight excluding hydrogens is 278 g/mol. The van der Waals surface area contributed by atoms with E-state index in [-0.39, 0.29) is 10.7 Å². The van der Waals surface area contributed by atoms with Crippen molar-refractivity contribution in [3.8, 4) is 11.4 Å². The molecule has 0 radical (unpaired) electrons. The second-order valence-corrected chi connectivity index (χ2v) is 4.94. The van der Waals surface area contributed by atoms with Gasteiger partial charge in [0.15, 0.2) is 0 Å². The SMILES string of the molecule is Cc1ccc2nc(-c3ccc(Cl)c([N+](=O)[O-])c3)[nH]c2c1. The molecule has 0 spiro atoms. The Hall–Kier alpha value is -2.40. The number of hydrogen-bond acceptors (Lipinski definition) is 3. The minimum absolute atomic E-state index is 0.116. The quantitative estimate of drug-likeness (QED) is 0.570. The van der Waals surface area contributed by atoms with Crippen LogP contribution in [0.15, 0.2) is 36.4 Å². The number of nitro benzene ring substituents is 1. The third-order valence-corrected chi connectivity index (χ3v) is 3.37. The van der Waals surface area contributed by atoms with Gasteiger partial charge in [0.2, 0.25) is 0 Å². The maximum Gasteiger partial charge on any atom is 0.288 e. The fourth-order valence-corrected chi connectivity index (χ4v) is 2.25. The molecule has 0 aliphatic carbocycles. The average molecular weight is 288 g/mol. The molecule has 3 rings (SSSR count). The van der Waals surface area contributed by atoms with Crippen LogP contribution in [-0.2, 0) is 0 Å². The molecule has 0 fully saturated rings. The van der Waals surface area contributed by atoms with Gasteiger partial charge in [0.05, 0.1) is 16.0 Å². The first-order chi connectivity index (χ1) is 9.54. The van der Waals surface area contributed by atoms with Gasteiger partial charge in [0, 0.05) is 11.6 Å². The number of benzene rings is 2. The van der Waals surface area contributed by atoms with Crippen LogP contribution in [0.1, 0.15) is 5.56 Å². The number of rotatable bonds is 2. The smallest absolute Gasteiger partial charge is 0.288 e. The van der Waals surface area contributed by atoms with E-state index in [2.05, 4.69) is 9.97 Å². The third-order valence-electron chi connectivity index (χ3n) is 3.05. The number of nitrogens with one attached hydrogen (secondary N) is 1. The largest absolute Gasteiger partial charge is 0.338 e. The fourth-order valence-electron chi connectivity index (χ4n) is 2.06. The van der Waals surface area contributed by atoms with Crippen molar-refractivity contribution in [2.24, 2.45) is 0 Å². The van der Waals surface area contributed by atoms with Gasteiger partial charge in [0.25, 0.3) is 5.69 Å². The van der Waals surface area contributed by atoms with E-state index in [1.165, 1.54) is 12.1 Å². The molecule has 1 heterocycles. The van der Waals surface area contributed by atoms with Crippen molar-refractivity contribution in [1.29, 1.82) is 0 Å². The number of nitrogens with zero attached hydrogens (tertiary/aromatic N) is 2. The summed E-state index contributed by atoms with van der Waals surface area (Å²) in [6, 6.07) is 10.5. The topological polar surface area (TPSA) is 71.8 Å². The molecule has 100 valence electrons. The van der Waals surface area contributed by atoms with E-state index in [0.717, 1.165) is 16.6 Å². The van der Waals surface area contributed by atoms with Gasteiger partial charge in [-0.25, -0.2) is 4.98 Å². The molecule has 20 heavy (non-hydrogen) atoms. The van der Waals surface area contributed by atoms with Crippen molar-refractivity contribution in [2.45, 2.75) is 6.92 Å². The molecule has 0 saturated heterocycles. The van der Waals surface area contributed by atoms with Crippen LogP contribution < -0.4 is 0 Å². The van der Waals surface area contributed by atoms with Gasteiger partial charge >= 0.3 is 0 Å². The summed E-state index contributed by atoms with van der Waals surface area (Å²) in [6.45, 7) is 1.99. The highest BCUT2D eigenvalue weighted by molar-refractivity contribution is 6.32. The number of imidazole rings is 1. The summed E-state index contributed by atoms with van der Waals surface area (Å²) in [4.78, 5) is 18.0. The van der Waals surface area contributed by atoms with Gasteiger partial charge in [-0.3, -0.25) is 10.1 Å². The molecule has 0 atom stereocenters. The summed E-state index contributed by atoms with van der Waals surface area (Å²) in [6.07, 6.45) is 0. The lowest BCUT2D eigenvalue weighted by molar-refractivity contribution is -0.384. The summed E-state index contributed by atoms with van der Waals surface area (Å²) in [7, 11) is 0.